The van der Waals surface area contributed by atoms with Gasteiger partial charge in [-0.1, -0.05) is 23.7 Å². The number of rotatable bonds is 4. The normalized spacial score (nSPS) is 11.3. The fraction of sp³-hybridized carbons (Fsp3) is 0.267. The number of hydrogen-bond donors (Lipinski definition) is 1. The van der Waals surface area contributed by atoms with Gasteiger partial charge in [0.2, 0.25) is 0 Å². The quantitative estimate of drug-likeness (QED) is 0.743. The van der Waals surface area contributed by atoms with Gasteiger partial charge >= 0.3 is 6.08 Å². The molecule has 0 saturated carbocycles. The van der Waals surface area contributed by atoms with Gasteiger partial charge in [0.25, 0.3) is 0 Å². The Morgan fingerprint density at radius 1 is 1.32 bits per heavy atom. The van der Waals surface area contributed by atoms with Gasteiger partial charge in [-0.25, -0.2) is 4.98 Å². The highest BCUT2D eigenvalue weighted by Gasteiger charge is 2.14. The smallest absolute Gasteiger partial charge is 0.312 e. The van der Waals surface area contributed by atoms with Gasteiger partial charge in [0.15, 0.2) is 17.0 Å². The van der Waals surface area contributed by atoms with Crippen molar-refractivity contribution in [3.8, 4) is 0 Å². The van der Waals surface area contributed by atoms with Crippen molar-refractivity contribution in [3.05, 3.63) is 47.3 Å². The summed E-state index contributed by atoms with van der Waals surface area (Å²) in [6, 6.07) is 7.58. The van der Waals surface area contributed by atoms with Gasteiger partial charge in [0.1, 0.15) is 0 Å². The van der Waals surface area contributed by atoms with Crippen LogP contribution in [0.5, 0.6) is 0 Å². The van der Waals surface area contributed by atoms with Crippen LogP contribution in [0.3, 0.4) is 0 Å². The van der Waals surface area contributed by atoms with Crippen LogP contribution in [-0.4, -0.2) is 19.5 Å². The van der Waals surface area contributed by atoms with Gasteiger partial charge in [-0.3, -0.25) is 0 Å². The minimum absolute atomic E-state index is 0.139. The first-order chi connectivity index (χ1) is 10.5. The van der Waals surface area contributed by atoms with Crippen LogP contribution in [-0.2, 0) is 6.54 Å². The van der Waals surface area contributed by atoms with Crippen LogP contribution in [0.2, 0.25) is 5.02 Å². The Bertz CT molecular complexity index is 815. The molecule has 114 valence electrons. The van der Waals surface area contributed by atoms with E-state index in [-0.39, 0.29) is 6.04 Å². The van der Waals surface area contributed by atoms with Crippen molar-refractivity contribution < 1.29 is 4.39 Å². The first-order valence-corrected chi connectivity index (χ1v) is 7.31. The molecule has 0 atom stereocenters. The van der Waals surface area contributed by atoms with Crippen LogP contribution in [0.15, 0.2) is 30.6 Å². The van der Waals surface area contributed by atoms with E-state index < -0.39 is 6.08 Å². The molecular weight excluding hydrogens is 305 g/mol. The van der Waals surface area contributed by atoms with Crippen molar-refractivity contribution in [2.24, 2.45) is 0 Å². The van der Waals surface area contributed by atoms with E-state index in [2.05, 4.69) is 20.3 Å². The molecule has 0 aliphatic rings. The molecule has 3 rings (SSSR count). The maximum atomic E-state index is 13.7. The van der Waals surface area contributed by atoms with Gasteiger partial charge < -0.3 is 9.88 Å². The highest BCUT2D eigenvalue weighted by Crippen LogP contribution is 2.22. The number of nitrogens with zero attached hydrogens (tertiary/aromatic N) is 4. The minimum atomic E-state index is -0.775. The number of anilines is 1. The van der Waals surface area contributed by atoms with Crippen LogP contribution in [0.25, 0.3) is 11.2 Å². The second kappa shape index (κ2) is 5.88. The third-order valence-corrected chi connectivity index (χ3v) is 3.53. The molecule has 1 N–H and O–H groups in total. The maximum Gasteiger partial charge on any atom is 0.312 e. The highest BCUT2D eigenvalue weighted by molar-refractivity contribution is 6.30. The lowest BCUT2D eigenvalue weighted by atomic mass is 10.2. The molecule has 0 unspecified atom stereocenters. The Morgan fingerprint density at radius 3 is 2.86 bits per heavy atom. The molecule has 3 aromatic rings. The lowest BCUT2D eigenvalue weighted by molar-refractivity contribution is 0.537. The van der Waals surface area contributed by atoms with Crippen molar-refractivity contribution in [3.63, 3.8) is 0 Å². The third-order valence-electron chi connectivity index (χ3n) is 3.30. The summed E-state index contributed by atoms with van der Waals surface area (Å²) in [6.45, 7) is 4.45. The summed E-state index contributed by atoms with van der Waals surface area (Å²) < 4.78 is 15.5. The second-order valence-electron chi connectivity index (χ2n) is 5.24. The molecule has 0 saturated heterocycles. The van der Waals surface area contributed by atoms with Crippen molar-refractivity contribution >= 4 is 28.6 Å². The molecule has 22 heavy (non-hydrogen) atoms. The second-order valence-corrected chi connectivity index (χ2v) is 5.68. The van der Waals surface area contributed by atoms with Crippen molar-refractivity contribution in [1.29, 1.82) is 0 Å². The van der Waals surface area contributed by atoms with Crippen LogP contribution in [0, 0.1) is 6.08 Å². The fourth-order valence-corrected chi connectivity index (χ4v) is 2.44. The van der Waals surface area contributed by atoms with Gasteiger partial charge in [-0.2, -0.15) is 14.4 Å². The summed E-state index contributed by atoms with van der Waals surface area (Å²) in [5.74, 6) is 0.377. The zero-order valence-electron chi connectivity index (χ0n) is 12.2. The van der Waals surface area contributed by atoms with E-state index in [0.717, 1.165) is 5.56 Å². The molecule has 0 spiro atoms. The molecule has 7 heteroatoms. The molecule has 0 amide bonds. The summed E-state index contributed by atoms with van der Waals surface area (Å²) >= 11 is 5.96. The summed E-state index contributed by atoms with van der Waals surface area (Å²) in [4.78, 5) is 12.0. The lowest BCUT2D eigenvalue weighted by Gasteiger charge is -2.09. The lowest BCUT2D eigenvalue weighted by Crippen LogP contribution is -2.06. The number of aromatic nitrogens is 4. The number of benzene rings is 1. The van der Waals surface area contributed by atoms with E-state index in [1.807, 2.05) is 36.6 Å². The van der Waals surface area contributed by atoms with E-state index in [1.54, 1.807) is 12.4 Å². The monoisotopic (exact) mass is 319 g/mol. The maximum absolute atomic E-state index is 13.7. The zero-order valence-corrected chi connectivity index (χ0v) is 13.0. The van der Waals surface area contributed by atoms with Gasteiger partial charge in [-0.15, -0.1) is 0 Å². The number of halogens is 2. The highest BCUT2D eigenvalue weighted by atomic mass is 35.5. The first-order valence-electron chi connectivity index (χ1n) is 6.93. The number of imidazole rings is 1. The Labute approximate surface area is 132 Å². The van der Waals surface area contributed by atoms with Gasteiger partial charge in [-0.05, 0) is 31.5 Å². The molecule has 0 aliphatic carbocycles. The average molecular weight is 320 g/mol. The zero-order chi connectivity index (χ0) is 15.7. The summed E-state index contributed by atoms with van der Waals surface area (Å²) in [6.07, 6.45) is 0.872. The van der Waals surface area contributed by atoms with Crippen LogP contribution in [0.4, 0.5) is 10.2 Å². The van der Waals surface area contributed by atoms with Crippen LogP contribution < -0.4 is 5.32 Å². The number of nitrogens with one attached hydrogen (secondary N) is 1. The van der Waals surface area contributed by atoms with Gasteiger partial charge in [0, 0.05) is 17.6 Å². The molecule has 0 radical (unpaired) electrons. The predicted molar refractivity (Wildman–Crippen MR) is 84.4 cm³/mol. The van der Waals surface area contributed by atoms with Crippen LogP contribution in [0.1, 0.15) is 25.5 Å². The predicted octanol–water partition coefficient (Wildman–Crippen LogP) is 3.81. The van der Waals surface area contributed by atoms with E-state index in [1.165, 1.54) is 0 Å². The molecule has 0 aliphatic heterocycles. The molecule has 0 fully saturated rings. The first kappa shape index (κ1) is 14.7. The Kier molecular flexibility index (Phi) is 3.94. The molecular formula is C15H15ClFN5. The van der Waals surface area contributed by atoms with E-state index in [9.17, 15) is 4.39 Å². The summed E-state index contributed by atoms with van der Waals surface area (Å²) in [5, 5.41) is 3.75. The largest absolute Gasteiger partial charge is 0.364 e. The van der Waals surface area contributed by atoms with Crippen LogP contribution >= 0.6 is 11.6 Å². The Morgan fingerprint density at radius 2 is 2.14 bits per heavy atom. The minimum Gasteiger partial charge on any atom is -0.364 e. The molecule has 2 heterocycles. The summed E-state index contributed by atoms with van der Waals surface area (Å²) in [5.41, 5.74) is 2.01. The molecule has 0 bridgehead atoms. The van der Waals surface area contributed by atoms with Gasteiger partial charge in [0.05, 0.1) is 6.33 Å². The molecule has 5 nitrogen and oxygen atoms in total. The molecule has 1 aromatic carbocycles. The van der Waals surface area contributed by atoms with Crippen molar-refractivity contribution in [2.45, 2.75) is 26.4 Å². The number of fused-ring (bicyclic) bond motifs is 1. The van der Waals surface area contributed by atoms with Crippen molar-refractivity contribution in [1.82, 2.24) is 19.5 Å². The van der Waals surface area contributed by atoms with E-state index >= 15 is 0 Å². The summed E-state index contributed by atoms with van der Waals surface area (Å²) in [7, 11) is 0. The van der Waals surface area contributed by atoms with Crippen molar-refractivity contribution in [2.75, 3.05) is 5.32 Å². The third kappa shape index (κ3) is 2.87. The van der Waals surface area contributed by atoms with E-state index in [4.69, 9.17) is 11.6 Å². The standard InChI is InChI=1S/C15H15ClFN5/c1-9(2)22-8-19-12-13(20-15(17)21-14(12)22)18-7-10-4-3-5-11(16)6-10/h3-6,8-9H,7H2,1-2H3,(H,18,20,21). The topological polar surface area (TPSA) is 55.6 Å². The average Bonchev–Trinajstić information content (AvgIpc) is 2.88. The van der Waals surface area contributed by atoms with E-state index in [0.29, 0.717) is 28.5 Å². The SMILES string of the molecule is CC(C)n1cnc2c(NCc3cccc(Cl)c3)nc(F)nc21. The molecule has 2 aromatic heterocycles. The Hall–Kier alpha value is -2.21. The fourth-order valence-electron chi connectivity index (χ4n) is 2.22. The Balaban J connectivity index is 1.93. The number of hydrogen-bond acceptors (Lipinski definition) is 4.